The van der Waals surface area contributed by atoms with Crippen LogP contribution in [0.1, 0.15) is 27.2 Å². The second kappa shape index (κ2) is 4.67. The van der Waals surface area contributed by atoms with Gasteiger partial charge in [0, 0.05) is 32.7 Å². The molecule has 0 saturated carbocycles. The minimum atomic E-state index is 0.881. The maximum absolute atomic E-state index is 3.32. The second-order valence-corrected chi connectivity index (χ2v) is 5.63. The molecule has 0 bridgehead atoms. The highest BCUT2D eigenvalue weighted by molar-refractivity contribution is 5.22. The first-order valence-corrected chi connectivity index (χ1v) is 6.25. The summed E-state index contributed by atoms with van der Waals surface area (Å²) in [6, 6.07) is 0. The van der Waals surface area contributed by atoms with E-state index in [2.05, 4.69) is 31.0 Å². The lowest BCUT2D eigenvalue weighted by atomic mass is 9.91. The van der Waals surface area contributed by atoms with Crippen LogP contribution in [-0.2, 0) is 0 Å². The Morgan fingerprint density at radius 3 is 2.33 bits per heavy atom. The first-order valence-electron chi connectivity index (χ1n) is 6.25. The summed E-state index contributed by atoms with van der Waals surface area (Å²) in [6.45, 7) is 13.1. The number of nitrogens with zero attached hydrogens (tertiary/aromatic N) is 1. The first-order chi connectivity index (χ1) is 7.15. The molecule has 2 atom stereocenters. The molecule has 2 saturated heterocycles. The van der Waals surface area contributed by atoms with Crippen LogP contribution in [0.3, 0.4) is 0 Å². The summed E-state index contributed by atoms with van der Waals surface area (Å²) in [4.78, 5) is 2.64. The molecule has 2 nitrogen and oxygen atoms in total. The van der Waals surface area contributed by atoms with Gasteiger partial charge >= 0.3 is 0 Å². The molecule has 0 aromatic rings. The maximum Gasteiger partial charge on any atom is 0.0193 e. The van der Waals surface area contributed by atoms with Crippen molar-refractivity contribution in [3.05, 3.63) is 11.1 Å². The fourth-order valence-electron chi connectivity index (χ4n) is 2.92. The molecule has 2 unspecified atom stereocenters. The molecule has 15 heavy (non-hydrogen) atoms. The molecule has 0 radical (unpaired) electrons. The van der Waals surface area contributed by atoms with Gasteiger partial charge in [-0.05, 0) is 30.8 Å². The lowest BCUT2D eigenvalue weighted by Gasteiger charge is -2.36. The molecule has 2 rings (SSSR count). The highest BCUT2D eigenvalue weighted by Crippen LogP contribution is 2.22. The monoisotopic (exact) mass is 208 g/mol. The molecule has 2 aliphatic heterocycles. The van der Waals surface area contributed by atoms with Crippen molar-refractivity contribution in [3.63, 3.8) is 0 Å². The Kier molecular flexibility index (Phi) is 3.47. The fourth-order valence-corrected chi connectivity index (χ4v) is 2.92. The molecule has 2 heterocycles. The van der Waals surface area contributed by atoms with Gasteiger partial charge in [-0.25, -0.2) is 0 Å². The fraction of sp³-hybridized carbons (Fsp3) is 0.846. The van der Waals surface area contributed by atoms with Crippen LogP contribution in [0.15, 0.2) is 11.1 Å². The lowest BCUT2D eigenvalue weighted by molar-refractivity contribution is 0.151. The van der Waals surface area contributed by atoms with E-state index >= 15 is 0 Å². The van der Waals surface area contributed by atoms with Gasteiger partial charge in [0.05, 0.1) is 0 Å². The van der Waals surface area contributed by atoms with Gasteiger partial charge in [0.25, 0.3) is 0 Å². The highest BCUT2D eigenvalue weighted by Gasteiger charge is 2.22. The Hall–Kier alpha value is -0.340. The van der Waals surface area contributed by atoms with Crippen LogP contribution in [0.4, 0.5) is 0 Å². The quantitative estimate of drug-likeness (QED) is 0.697. The van der Waals surface area contributed by atoms with Crippen LogP contribution in [0.25, 0.3) is 0 Å². The van der Waals surface area contributed by atoms with Crippen LogP contribution in [0.5, 0.6) is 0 Å². The number of rotatable bonds is 2. The van der Waals surface area contributed by atoms with Crippen molar-refractivity contribution in [3.8, 4) is 0 Å². The molecule has 2 fully saturated rings. The molecule has 0 aromatic heterocycles. The Bertz CT molecular complexity index is 241. The number of nitrogens with one attached hydrogen (secondary N) is 1. The van der Waals surface area contributed by atoms with E-state index in [9.17, 15) is 0 Å². The van der Waals surface area contributed by atoms with Crippen molar-refractivity contribution >= 4 is 0 Å². The third-order valence-electron chi connectivity index (χ3n) is 3.69. The average molecular weight is 208 g/mol. The summed E-state index contributed by atoms with van der Waals surface area (Å²) in [5.41, 5.74) is 3.25. The van der Waals surface area contributed by atoms with E-state index in [-0.39, 0.29) is 0 Å². The lowest BCUT2D eigenvalue weighted by Crippen LogP contribution is -2.41. The summed E-state index contributed by atoms with van der Waals surface area (Å²) in [5.74, 6) is 1.76. The minimum absolute atomic E-state index is 0.881. The maximum atomic E-state index is 3.32. The Balaban J connectivity index is 1.88. The van der Waals surface area contributed by atoms with Gasteiger partial charge in [0.15, 0.2) is 0 Å². The van der Waals surface area contributed by atoms with Crippen molar-refractivity contribution in [1.29, 1.82) is 0 Å². The van der Waals surface area contributed by atoms with E-state index in [4.69, 9.17) is 0 Å². The molecule has 0 amide bonds. The molecule has 1 N–H and O–H groups in total. The van der Waals surface area contributed by atoms with Gasteiger partial charge in [-0.15, -0.1) is 0 Å². The number of piperidine rings is 1. The summed E-state index contributed by atoms with van der Waals surface area (Å²) >= 11 is 0. The SMILES string of the molecule is CC(CN1CC(C)CC(C)C1)=C1CNC1. The van der Waals surface area contributed by atoms with Crippen LogP contribution in [-0.4, -0.2) is 37.6 Å². The van der Waals surface area contributed by atoms with E-state index in [0.717, 1.165) is 24.9 Å². The van der Waals surface area contributed by atoms with E-state index in [1.54, 1.807) is 11.1 Å². The van der Waals surface area contributed by atoms with E-state index in [1.807, 2.05) is 0 Å². The number of hydrogen-bond donors (Lipinski definition) is 1. The predicted octanol–water partition coefficient (Wildman–Crippen LogP) is 1.88. The zero-order valence-corrected chi connectivity index (χ0v) is 10.3. The second-order valence-electron chi connectivity index (χ2n) is 5.63. The highest BCUT2D eigenvalue weighted by atomic mass is 15.1. The molecule has 86 valence electrons. The number of hydrogen-bond acceptors (Lipinski definition) is 2. The van der Waals surface area contributed by atoms with Gasteiger partial charge in [0.2, 0.25) is 0 Å². The topological polar surface area (TPSA) is 15.3 Å². The third kappa shape index (κ3) is 2.82. The summed E-state index contributed by atoms with van der Waals surface area (Å²) < 4.78 is 0. The molecule has 0 aromatic carbocycles. The van der Waals surface area contributed by atoms with Crippen molar-refractivity contribution in [2.75, 3.05) is 32.7 Å². The zero-order chi connectivity index (χ0) is 10.8. The molecule has 2 heteroatoms. The largest absolute Gasteiger partial charge is 0.309 e. The van der Waals surface area contributed by atoms with Gasteiger partial charge in [-0.2, -0.15) is 0 Å². The molecule has 2 aliphatic rings. The van der Waals surface area contributed by atoms with Crippen molar-refractivity contribution < 1.29 is 0 Å². The molecule has 0 aliphatic carbocycles. The van der Waals surface area contributed by atoms with E-state index in [1.165, 1.54) is 26.1 Å². The van der Waals surface area contributed by atoms with E-state index < -0.39 is 0 Å². The standard InChI is InChI=1S/C13H24N2/c1-10-4-11(2)8-15(7-10)9-12(3)13-5-14-6-13/h10-11,14H,4-9H2,1-3H3. The number of likely N-dealkylation sites (tertiary alicyclic amines) is 1. The van der Waals surface area contributed by atoms with Gasteiger partial charge in [0.1, 0.15) is 0 Å². The summed E-state index contributed by atoms with van der Waals surface area (Å²) in [7, 11) is 0. The van der Waals surface area contributed by atoms with Crippen LogP contribution >= 0.6 is 0 Å². The van der Waals surface area contributed by atoms with Crippen LogP contribution in [0.2, 0.25) is 0 Å². The molecular weight excluding hydrogens is 184 g/mol. The van der Waals surface area contributed by atoms with Crippen LogP contribution < -0.4 is 5.32 Å². The van der Waals surface area contributed by atoms with Crippen molar-refractivity contribution in [2.24, 2.45) is 11.8 Å². The van der Waals surface area contributed by atoms with E-state index in [0.29, 0.717) is 0 Å². The summed E-state index contributed by atoms with van der Waals surface area (Å²) in [6.07, 6.45) is 1.41. The first kappa shape index (κ1) is 11.2. The third-order valence-corrected chi connectivity index (χ3v) is 3.69. The zero-order valence-electron chi connectivity index (χ0n) is 10.3. The molecule has 0 spiro atoms. The van der Waals surface area contributed by atoms with Gasteiger partial charge in [-0.3, -0.25) is 4.90 Å². The minimum Gasteiger partial charge on any atom is -0.309 e. The Morgan fingerprint density at radius 1 is 1.27 bits per heavy atom. The Labute approximate surface area is 93.7 Å². The smallest absolute Gasteiger partial charge is 0.0193 e. The average Bonchev–Trinajstić information content (AvgIpc) is 1.96. The Morgan fingerprint density at radius 2 is 1.87 bits per heavy atom. The van der Waals surface area contributed by atoms with Crippen molar-refractivity contribution in [1.82, 2.24) is 10.2 Å². The van der Waals surface area contributed by atoms with Gasteiger partial charge < -0.3 is 5.32 Å². The van der Waals surface area contributed by atoms with Crippen molar-refractivity contribution in [2.45, 2.75) is 27.2 Å². The molecular formula is C13H24N2. The normalized spacial score (nSPS) is 32.6. The van der Waals surface area contributed by atoms with Crippen LogP contribution in [0, 0.1) is 11.8 Å². The summed E-state index contributed by atoms with van der Waals surface area (Å²) in [5, 5.41) is 3.32. The van der Waals surface area contributed by atoms with Gasteiger partial charge in [-0.1, -0.05) is 19.4 Å². The predicted molar refractivity (Wildman–Crippen MR) is 65.0 cm³/mol.